The number of rotatable bonds is 7. The van der Waals surface area contributed by atoms with Gasteiger partial charge in [-0.3, -0.25) is 9.88 Å². The van der Waals surface area contributed by atoms with Gasteiger partial charge in [0.1, 0.15) is 0 Å². The van der Waals surface area contributed by atoms with Crippen LogP contribution < -0.4 is 5.73 Å². The first-order valence-electron chi connectivity index (χ1n) is 7.03. The van der Waals surface area contributed by atoms with Crippen LogP contribution in [-0.2, 0) is 0 Å². The zero-order valence-electron chi connectivity index (χ0n) is 12.9. The maximum atomic E-state index is 6.24. The standard InChI is InChI=1S/C15H28N4/c1-6-19(12(2)11-18(4)5)15(13(3)16)14-7-9-17-10-8-14/h7-10,12-13,15H,6,11,16H2,1-5H3. The van der Waals surface area contributed by atoms with E-state index in [9.17, 15) is 0 Å². The molecule has 108 valence electrons. The predicted molar refractivity (Wildman–Crippen MR) is 81.0 cm³/mol. The normalized spacial score (nSPS) is 16.6. The van der Waals surface area contributed by atoms with Crippen LogP contribution in [-0.4, -0.2) is 54.1 Å². The molecule has 1 heterocycles. The van der Waals surface area contributed by atoms with Crippen LogP contribution in [0.1, 0.15) is 32.4 Å². The zero-order valence-corrected chi connectivity index (χ0v) is 12.9. The van der Waals surface area contributed by atoms with Gasteiger partial charge in [-0.2, -0.15) is 0 Å². The molecule has 0 amide bonds. The molecule has 4 nitrogen and oxygen atoms in total. The van der Waals surface area contributed by atoms with Crippen LogP contribution >= 0.6 is 0 Å². The molecule has 0 aromatic carbocycles. The molecule has 3 unspecified atom stereocenters. The van der Waals surface area contributed by atoms with E-state index in [-0.39, 0.29) is 12.1 Å². The van der Waals surface area contributed by atoms with E-state index in [1.165, 1.54) is 5.56 Å². The lowest BCUT2D eigenvalue weighted by Gasteiger charge is -2.39. The molecule has 0 fully saturated rings. The fourth-order valence-electron chi connectivity index (χ4n) is 2.77. The molecule has 0 aliphatic heterocycles. The second-order valence-electron chi connectivity index (χ2n) is 5.53. The lowest BCUT2D eigenvalue weighted by atomic mass is 9.98. The Balaban J connectivity index is 2.96. The monoisotopic (exact) mass is 264 g/mol. The van der Waals surface area contributed by atoms with E-state index in [1.807, 2.05) is 12.4 Å². The molecular weight excluding hydrogens is 236 g/mol. The Hall–Kier alpha value is -0.970. The van der Waals surface area contributed by atoms with Gasteiger partial charge >= 0.3 is 0 Å². The number of hydrogen-bond acceptors (Lipinski definition) is 4. The van der Waals surface area contributed by atoms with Crippen molar-refractivity contribution in [2.45, 2.75) is 38.9 Å². The summed E-state index contributed by atoms with van der Waals surface area (Å²) in [5, 5.41) is 0. The highest BCUT2D eigenvalue weighted by Crippen LogP contribution is 2.25. The second-order valence-corrected chi connectivity index (χ2v) is 5.53. The summed E-state index contributed by atoms with van der Waals surface area (Å²) < 4.78 is 0. The summed E-state index contributed by atoms with van der Waals surface area (Å²) in [5.74, 6) is 0. The number of likely N-dealkylation sites (N-methyl/N-ethyl adjacent to an activating group) is 2. The molecule has 1 aromatic heterocycles. The molecule has 2 N–H and O–H groups in total. The van der Waals surface area contributed by atoms with Gasteiger partial charge in [-0.25, -0.2) is 0 Å². The molecule has 0 saturated carbocycles. The van der Waals surface area contributed by atoms with Crippen molar-refractivity contribution < 1.29 is 0 Å². The van der Waals surface area contributed by atoms with Crippen molar-refractivity contribution >= 4 is 0 Å². The maximum absolute atomic E-state index is 6.24. The maximum Gasteiger partial charge on any atom is 0.0500 e. The Bertz CT molecular complexity index is 350. The Labute approximate surface area is 117 Å². The van der Waals surface area contributed by atoms with E-state index in [0.717, 1.165) is 13.1 Å². The number of nitrogens with zero attached hydrogens (tertiary/aromatic N) is 3. The zero-order chi connectivity index (χ0) is 14.4. The van der Waals surface area contributed by atoms with Crippen LogP contribution in [0.25, 0.3) is 0 Å². The fraction of sp³-hybridized carbons (Fsp3) is 0.667. The first kappa shape index (κ1) is 16.1. The summed E-state index contributed by atoms with van der Waals surface area (Å²) in [6, 6.07) is 4.93. The number of aromatic nitrogens is 1. The van der Waals surface area contributed by atoms with Crippen molar-refractivity contribution in [1.29, 1.82) is 0 Å². The van der Waals surface area contributed by atoms with Crippen molar-refractivity contribution in [1.82, 2.24) is 14.8 Å². The summed E-state index contributed by atoms with van der Waals surface area (Å²) in [7, 11) is 4.22. The molecule has 19 heavy (non-hydrogen) atoms. The van der Waals surface area contributed by atoms with Crippen LogP contribution in [0.2, 0.25) is 0 Å². The van der Waals surface area contributed by atoms with Crippen LogP contribution in [0.5, 0.6) is 0 Å². The molecule has 1 rings (SSSR count). The first-order valence-corrected chi connectivity index (χ1v) is 7.03. The van der Waals surface area contributed by atoms with Crippen LogP contribution in [0, 0.1) is 0 Å². The Morgan fingerprint density at radius 2 is 1.79 bits per heavy atom. The van der Waals surface area contributed by atoms with E-state index in [1.54, 1.807) is 0 Å². The van der Waals surface area contributed by atoms with E-state index >= 15 is 0 Å². The molecular formula is C15H28N4. The highest BCUT2D eigenvalue weighted by Gasteiger charge is 2.26. The van der Waals surface area contributed by atoms with Gasteiger partial charge in [0.15, 0.2) is 0 Å². The number of nitrogens with two attached hydrogens (primary N) is 1. The minimum absolute atomic E-state index is 0.0898. The van der Waals surface area contributed by atoms with Crippen LogP contribution in [0.3, 0.4) is 0 Å². The minimum atomic E-state index is 0.0898. The quantitative estimate of drug-likeness (QED) is 0.815. The molecule has 0 saturated heterocycles. The molecule has 1 aromatic rings. The van der Waals surface area contributed by atoms with Crippen LogP contribution in [0.4, 0.5) is 0 Å². The fourth-order valence-corrected chi connectivity index (χ4v) is 2.77. The third-order valence-electron chi connectivity index (χ3n) is 3.46. The van der Waals surface area contributed by atoms with E-state index < -0.39 is 0 Å². The smallest absolute Gasteiger partial charge is 0.0500 e. The van der Waals surface area contributed by atoms with E-state index in [0.29, 0.717) is 6.04 Å². The molecule has 0 aliphatic rings. The third-order valence-corrected chi connectivity index (χ3v) is 3.46. The summed E-state index contributed by atoms with van der Waals surface area (Å²) in [6.45, 7) is 8.56. The lowest BCUT2D eigenvalue weighted by Crippen LogP contribution is -2.47. The molecule has 3 atom stereocenters. The first-order chi connectivity index (χ1) is 8.97. The van der Waals surface area contributed by atoms with Gasteiger partial charge in [0, 0.05) is 31.0 Å². The number of pyridine rings is 1. The van der Waals surface area contributed by atoms with Crippen LogP contribution in [0.15, 0.2) is 24.5 Å². The van der Waals surface area contributed by atoms with Crippen molar-refractivity contribution in [3.8, 4) is 0 Å². The van der Waals surface area contributed by atoms with Gasteiger partial charge < -0.3 is 10.6 Å². The van der Waals surface area contributed by atoms with Gasteiger partial charge in [-0.15, -0.1) is 0 Å². The summed E-state index contributed by atoms with van der Waals surface area (Å²) in [4.78, 5) is 8.79. The van der Waals surface area contributed by atoms with Crippen molar-refractivity contribution in [3.05, 3.63) is 30.1 Å². The Kier molecular flexibility index (Phi) is 6.42. The van der Waals surface area contributed by atoms with Gasteiger partial charge in [-0.05, 0) is 52.2 Å². The van der Waals surface area contributed by atoms with Gasteiger partial charge in [0.25, 0.3) is 0 Å². The highest BCUT2D eigenvalue weighted by atomic mass is 15.2. The lowest BCUT2D eigenvalue weighted by molar-refractivity contribution is 0.114. The Morgan fingerprint density at radius 1 is 1.21 bits per heavy atom. The van der Waals surface area contributed by atoms with E-state index in [2.05, 4.69) is 61.8 Å². The average Bonchev–Trinajstić information content (AvgIpc) is 2.35. The van der Waals surface area contributed by atoms with Crippen molar-refractivity contribution in [2.24, 2.45) is 5.73 Å². The SMILES string of the molecule is CCN(C(C)CN(C)C)C(c1ccncc1)C(C)N. The average molecular weight is 264 g/mol. The summed E-state index contributed by atoms with van der Waals surface area (Å²) in [5.41, 5.74) is 7.49. The Morgan fingerprint density at radius 3 is 2.21 bits per heavy atom. The molecule has 4 heteroatoms. The largest absolute Gasteiger partial charge is 0.326 e. The van der Waals surface area contributed by atoms with Crippen molar-refractivity contribution in [2.75, 3.05) is 27.2 Å². The van der Waals surface area contributed by atoms with E-state index in [4.69, 9.17) is 5.73 Å². The molecule has 0 aliphatic carbocycles. The molecule has 0 bridgehead atoms. The van der Waals surface area contributed by atoms with Gasteiger partial charge in [0.2, 0.25) is 0 Å². The van der Waals surface area contributed by atoms with Gasteiger partial charge in [-0.1, -0.05) is 6.92 Å². The molecule has 0 spiro atoms. The highest BCUT2D eigenvalue weighted by molar-refractivity contribution is 5.17. The molecule has 0 radical (unpaired) electrons. The second kappa shape index (κ2) is 7.58. The number of hydrogen-bond donors (Lipinski definition) is 1. The minimum Gasteiger partial charge on any atom is -0.326 e. The summed E-state index contributed by atoms with van der Waals surface area (Å²) in [6.07, 6.45) is 3.68. The predicted octanol–water partition coefficient (Wildman–Crippen LogP) is 1.74. The summed E-state index contributed by atoms with van der Waals surface area (Å²) >= 11 is 0. The third kappa shape index (κ3) is 4.56. The van der Waals surface area contributed by atoms with Crippen molar-refractivity contribution in [3.63, 3.8) is 0 Å². The van der Waals surface area contributed by atoms with Gasteiger partial charge in [0.05, 0.1) is 6.04 Å². The topological polar surface area (TPSA) is 45.4 Å².